The Kier molecular flexibility index (Phi) is 3.40. The van der Waals surface area contributed by atoms with Crippen molar-refractivity contribution in [3.8, 4) is 6.07 Å². The molecular weight excluding hydrogens is 255 g/mol. The molecule has 66 valence electrons. The average molecular weight is 259 g/mol. The van der Waals surface area contributed by atoms with Gasteiger partial charge in [0.2, 0.25) is 0 Å². The molecule has 0 unspecified atom stereocenters. The second kappa shape index (κ2) is 4.35. The van der Waals surface area contributed by atoms with Gasteiger partial charge in [-0.05, 0) is 22.0 Å². The molecule has 0 fully saturated rings. The van der Waals surface area contributed by atoms with Crippen LogP contribution in [0.1, 0.15) is 16.8 Å². The van der Waals surface area contributed by atoms with Gasteiger partial charge in [0, 0.05) is 10.7 Å². The maximum Gasteiger partial charge on any atom is 0.180 e. The molecule has 1 rings (SSSR count). The molecule has 0 saturated carbocycles. The molecule has 0 N–H and O–H groups in total. The van der Waals surface area contributed by atoms with E-state index in [1.54, 1.807) is 12.1 Å². The van der Waals surface area contributed by atoms with Crippen molar-refractivity contribution >= 4 is 33.3 Å². The third-order valence-corrected chi connectivity index (χ3v) is 2.08. The highest BCUT2D eigenvalue weighted by Gasteiger charge is 2.10. The van der Waals surface area contributed by atoms with Crippen molar-refractivity contribution in [1.82, 2.24) is 4.98 Å². The zero-order chi connectivity index (χ0) is 9.84. The molecule has 13 heavy (non-hydrogen) atoms. The maximum atomic E-state index is 11.2. The first-order chi connectivity index (χ1) is 6.15. The van der Waals surface area contributed by atoms with E-state index in [9.17, 15) is 4.79 Å². The largest absolute Gasteiger partial charge is 0.293 e. The Hall–Kier alpha value is -0.920. The standard InChI is InChI=1S/C8H4BrClN2O/c9-5-3-6(7(13)1-2-11)8(10)12-4-5/h3-4H,1H2. The smallest absolute Gasteiger partial charge is 0.180 e. The lowest BCUT2D eigenvalue weighted by atomic mass is 10.1. The Morgan fingerprint density at radius 3 is 3.08 bits per heavy atom. The molecule has 1 aromatic heterocycles. The molecule has 0 saturated heterocycles. The Morgan fingerprint density at radius 2 is 2.46 bits per heavy atom. The van der Waals surface area contributed by atoms with Crippen LogP contribution in [0, 0.1) is 11.3 Å². The first-order valence-corrected chi connectivity index (χ1v) is 4.53. The number of hydrogen-bond acceptors (Lipinski definition) is 3. The summed E-state index contributed by atoms with van der Waals surface area (Å²) in [6.07, 6.45) is 1.31. The number of carbonyl (C=O) groups is 1. The molecule has 0 atom stereocenters. The van der Waals surface area contributed by atoms with Crippen LogP contribution in [0.15, 0.2) is 16.7 Å². The Bertz CT molecular complexity index is 386. The van der Waals surface area contributed by atoms with E-state index >= 15 is 0 Å². The summed E-state index contributed by atoms with van der Waals surface area (Å²) >= 11 is 8.82. The fraction of sp³-hybridized carbons (Fsp3) is 0.125. The van der Waals surface area contributed by atoms with Gasteiger partial charge in [-0.1, -0.05) is 11.6 Å². The summed E-state index contributed by atoms with van der Waals surface area (Å²) in [5.41, 5.74) is 0.276. The molecule has 0 aromatic carbocycles. The molecule has 1 heterocycles. The zero-order valence-electron chi connectivity index (χ0n) is 6.42. The van der Waals surface area contributed by atoms with Crippen molar-refractivity contribution in [2.75, 3.05) is 0 Å². The molecule has 1 aromatic rings. The number of nitriles is 1. The molecule has 0 aliphatic rings. The van der Waals surface area contributed by atoms with Crippen molar-refractivity contribution in [3.63, 3.8) is 0 Å². The van der Waals surface area contributed by atoms with Crippen molar-refractivity contribution in [2.24, 2.45) is 0 Å². The fourth-order valence-corrected chi connectivity index (χ4v) is 1.33. The van der Waals surface area contributed by atoms with Gasteiger partial charge in [0.15, 0.2) is 5.78 Å². The second-order valence-corrected chi connectivity index (χ2v) is 3.52. The third kappa shape index (κ3) is 2.51. The molecule has 0 amide bonds. The lowest BCUT2D eigenvalue weighted by Gasteiger charge is -1.99. The highest BCUT2D eigenvalue weighted by atomic mass is 79.9. The number of pyridine rings is 1. The van der Waals surface area contributed by atoms with Crippen LogP contribution in [0.5, 0.6) is 0 Å². The van der Waals surface area contributed by atoms with E-state index in [0.717, 1.165) is 0 Å². The number of hydrogen-bond donors (Lipinski definition) is 0. The first kappa shape index (κ1) is 10.2. The van der Waals surface area contributed by atoms with Crippen molar-refractivity contribution in [2.45, 2.75) is 6.42 Å². The van der Waals surface area contributed by atoms with E-state index in [0.29, 0.717) is 4.47 Å². The SMILES string of the molecule is N#CCC(=O)c1cc(Br)cnc1Cl. The van der Waals surface area contributed by atoms with Crippen molar-refractivity contribution < 1.29 is 4.79 Å². The zero-order valence-corrected chi connectivity index (χ0v) is 8.76. The minimum absolute atomic E-state index is 0.128. The number of aromatic nitrogens is 1. The van der Waals surface area contributed by atoms with E-state index in [4.69, 9.17) is 16.9 Å². The monoisotopic (exact) mass is 258 g/mol. The number of ketones is 1. The van der Waals surface area contributed by atoms with Gasteiger partial charge in [0.1, 0.15) is 5.15 Å². The van der Waals surface area contributed by atoms with Crippen LogP contribution in [0.25, 0.3) is 0 Å². The van der Waals surface area contributed by atoms with Gasteiger partial charge in [-0.15, -0.1) is 0 Å². The van der Waals surface area contributed by atoms with Crippen LogP contribution in [0.2, 0.25) is 5.15 Å². The van der Waals surface area contributed by atoms with Gasteiger partial charge < -0.3 is 0 Å². The van der Waals surface area contributed by atoms with E-state index < -0.39 is 0 Å². The van der Waals surface area contributed by atoms with E-state index in [1.807, 2.05) is 0 Å². The van der Waals surface area contributed by atoms with Crippen LogP contribution < -0.4 is 0 Å². The normalized spacial score (nSPS) is 9.31. The van der Waals surface area contributed by atoms with Gasteiger partial charge in [-0.3, -0.25) is 4.79 Å². The Morgan fingerprint density at radius 1 is 1.77 bits per heavy atom. The number of carbonyl (C=O) groups excluding carboxylic acids is 1. The van der Waals surface area contributed by atoms with Crippen LogP contribution >= 0.6 is 27.5 Å². The van der Waals surface area contributed by atoms with E-state index in [-0.39, 0.29) is 22.9 Å². The van der Waals surface area contributed by atoms with E-state index in [1.165, 1.54) is 6.20 Å². The second-order valence-electron chi connectivity index (χ2n) is 2.25. The minimum Gasteiger partial charge on any atom is -0.293 e. The van der Waals surface area contributed by atoms with Gasteiger partial charge in [-0.25, -0.2) is 4.98 Å². The van der Waals surface area contributed by atoms with Crippen LogP contribution in [0.3, 0.4) is 0 Å². The fourth-order valence-electron chi connectivity index (χ4n) is 0.785. The topological polar surface area (TPSA) is 53.8 Å². The molecule has 5 heteroatoms. The molecule has 0 aliphatic heterocycles. The van der Waals surface area contributed by atoms with E-state index in [2.05, 4.69) is 20.9 Å². The summed E-state index contributed by atoms with van der Waals surface area (Å²) in [6, 6.07) is 3.31. The maximum absolute atomic E-state index is 11.2. The summed E-state index contributed by atoms with van der Waals surface area (Å²) in [6.45, 7) is 0. The lowest BCUT2D eigenvalue weighted by Crippen LogP contribution is -1.99. The first-order valence-electron chi connectivity index (χ1n) is 3.36. The summed E-state index contributed by atoms with van der Waals surface area (Å²) < 4.78 is 0.665. The van der Waals surface area contributed by atoms with Crippen LogP contribution in [-0.4, -0.2) is 10.8 Å². The van der Waals surface area contributed by atoms with Crippen molar-refractivity contribution in [1.29, 1.82) is 5.26 Å². The molecule has 0 bridgehead atoms. The number of rotatable bonds is 2. The molecule has 3 nitrogen and oxygen atoms in total. The molecule has 0 radical (unpaired) electrons. The highest BCUT2D eigenvalue weighted by molar-refractivity contribution is 9.10. The quantitative estimate of drug-likeness (QED) is 0.606. The summed E-state index contributed by atoms with van der Waals surface area (Å²) in [5, 5.41) is 8.44. The predicted molar refractivity (Wildman–Crippen MR) is 51.5 cm³/mol. The number of Topliss-reactive ketones (excluding diaryl/α,β-unsaturated/α-hetero) is 1. The third-order valence-electron chi connectivity index (χ3n) is 1.35. The number of halogens is 2. The summed E-state index contributed by atoms with van der Waals surface area (Å²) in [4.78, 5) is 15.0. The summed E-state index contributed by atoms with van der Waals surface area (Å²) in [5.74, 6) is -0.318. The van der Waals surface area contributed by atoms with Crippen LogP contribution in [-0.2, 0) is 0 Å². The van der Waals surface area contributed by atoms with Gasteiger partial charge >= 0.3 is 0 Å². The van der Waals surface area contributed by atoms with Gasteiger partial charge in [0.25, 0.3) is 0 Å². The van der Waals surface area contributed by atoms with Crippen LogP contribution in [0.4, 0.5) is 0 Å². The van der Waals surface area contributed by atoms with Gasteiger partial charge in [0.05, 0.1) is 18.1 Å². The molecular formula is C8H4BrClN2O. The number of nitrogens with zero attached hydrogens (tertiary/aromatic N) is 2. The molecule has 0 spiro atoms. The molecule has 0 aliphatic carbocycles. The Labute approximate surface area is 88.5 Å². The summed E-state index contributed by atoms with van der Waals surface area (Å²) in [7, 11) is 0. The minimum atomic E-state index is -0.318. The predicted octanol–water partition coefficient (Wildman–Crippen LogP) is 2.59. The Balaban J connectivity index is 3.07. The van der Waals surface area contributed by atoms with Crippen molar-refractivity contribution in [3.05, 3.63) is 27.5 Å². The highest BCUT2D eigenvalue weighted by Crippen LogP contribution is 2.19. The lowest BCUT2D eigenvalue weighted by molar-refractivity contribution is 0.0997. The average Bonchev–Trinajstić information content (AvgIpc) is 2.09. The van der Waals surface area contributed by atoms with Gasteiger partial charge in [-0.2, -0.15) is 5.26 Å².